The standard InChI is InChI=1S/C23H20F2N4O4/c1-13-2-4-29-19(11-15-12-28(23(30)31)5-7-32-15)22(26-20(29)8-13)21-16(24)9-14(10-17(21)25)18-3-6-33-27-18/h2-4,6,8-10,15H,5,7,11-12H2,1H3,(H,30,31)/t15-/m0/s1. The van der Waals surface area contributed by atoms with Crippen LogP contribution in [0.4, 0.5) is 13.6 Å². The predicted octanol–water partition coefficient (Wildman–Crippen LogP) is 4.16. The second-order valence-electron chi connectivity index (χ2n) is 7.96. The van der Waals surface area contributed by atoms with Gasteiger partial charge in [0, 0.05) is 30.8 Å². The zero-order valence-electron chi connectivity index (χ0n) is 17.7. The van der Waals surface area contributed by atoms with Crippen molar-refractivity contribution in [3.63, 3.8) is 0 Å². The Morgan fingerprint density at radius 2 is 2.03 bits per heavy atom. The first-order valence-corrected chi connectivity index (χ1v) is 10.4. The van der Waals surface area contributed by atoms with Crippen LogP contribution in [-0.4, -0.2) is 56.4 Å². The van der Waals surface area contributed by atoms with Gasteiger partial charge in [0.05, 0.1) is 36.2 Å². The Morgan fingerprint density at radius 1 is 1.24 bits per heavy atom. The average molecular weight is 454 g/mol. The lowest BCUT2D eigenvalue weighted by atomic mass is 10.0. The van der Waals surface area contributed by atoms with Gasteiger partial charge in [-0.2, -0.15) is 0 Å². The highest BCUT2D eigenvalue weighted by Crippen LogP contribution is 2.34. The van der Waals surface area contributed by atoms with Crippen LogP contribution in [0.5, 0.6) is 0 Å². The van der Waals surface area contributed by atoms with E-state index >= 15 is 8.78 Å². The molecule has 1 N–H and O–H groups in total. The molecule has 0 radical (unpaired) electrons. The molecule has 170 valence electrons. The van der Waals surface area contributed by atoms with Gasteiger partial charge in [-0.15, -0.1) is 0 Å². The van der Waals surface area contributed by atoms with Crippen molar-refractivity contribution in [3.8, 4) is 22.5 Å². The molecule has 0 unspecified atom stereocenters. The van der Waals surface area contributed by atoms with E-state index in [9.17, 15) is 9.90 Å². The number of nitrogens with zero attached hydrogens (tertiary/aromatic N) is 4. The number of ether oxygens (including phenoxy) is 1. The maximum atomic E-state index is 15.3. The second-order valence-corrected chi connectivity index (χ2v) is 7.96. The Labute approximate surface area is 187 Å². The zero-order chi connectivity index (χ0) is 23.1. The molecule has 0 saturated carbocycles. The van der Waals surface area contributed by atoms with Crippen molar-refractivity contribution in [3.05, 3.63) is 65.7 Å². The zero-order valence-corrected chi connectivity index (χ0v) is 17.7. The third-order valence-electron chi connectivity index (χ3n) is 5.72. The van der Waals surface area contributed by atoms with E-state index in [1.54, 1.807) is 10.6 Å². The fourth-order valence-corrected chi connectivity index (χ4v) is 4.13. The molecule has 4 heterocycles. The highest BCUT2D eigenvalue weighted by atomic mass is 19.1. The molecule has 1 aliphatic heterocycles. The number of morpholine rings is 1. The van der Waals surface area contributed by atoms with Crippen molar-refractivity contribution in [2.75, 3.05) is 19.7 Å². The van der Waals surface area contributed by atoms with Crippen molar-refractivity contribution >= 4 is 11.7 Å². The van der Waals surface area contributed by atoms with Gasteiger partial charge >= 0.3 is 6.09 Å². The van der Waals surface area contributed by atoms with Crippen LogP contribution in [0.1, 0.15) is 11.3 Å². The van der Waals surface area contributed by atoms with Gasteiger partial charge in [-0.25, -0.2) is 18.6 Å². The average Bonchev–Trinajstić information content (AvgIpc) is 3.42. The number of amides is 1. The molecule has 0 spiro atoms. The summed E-state index contributed by atoms with van der Waals surface area (Å²) in [5.41, 5.74) is 2.46. The minimum atomic E-state index is -1.03. The Balaban J connectivity index is 1.61. The van der Waals surface area contributed by atoms with Crippen LogP contribution in [0.25, 0.3) is 28.2 Å². The predicted molar refractivity (Wildman–Crippen MR) is 114 cm³/mol. The molecule has 33 heavy (non-hydrogen) atoms. The number of carboxylic acid groups (broad SMARTS) is 1. The van der Waals surface area contributed by atoms with Crippen LogP contribution in [0.2, 0.25) is 0 Å². The van der Waals surface area contributed by atoms with Gasteiger partial charge in [0.2, 0.25) is 0 Å². The molecule has 1 amide bonds. The van der Waals surface area contributed by atoms with Crippen molar-refractivity contribution < 1.29 is 27.9 Å². The van der Waals surface area contributed by atoms with Gasteiger partial charge < -0.3 is 23.7 Å². The van der Waals surface area contributed by atoms with E-state index in [-0.39, 0.29) is 42.9 Å². The summed E-state index contributed by atoms with van der Waals surface area (Å²) >= 11 is 0. The van der Waals surface area contributed by atoms with Gasteiger partial charge in [-0.05, 0) is 36.8 Å². The summed E-state index contributed by atoms with van der Waals surface area (Å²) in [6.07, 6.45) is 1.83. The van der Waals surface area contributed by atoms with E-state index in [2.05, 4.69) is 10.1 Å². The Morgan fingerprint density at radius 3 is 2.73 bits per heavy atom. The maximum absolute atomic E-state index is 15.3. The van der Waals surface area contributed by atoms with Crippen molar-refractivity contribution in [2.24, 2.45) is 0 Å². The van der Waals surface area contributed by atoms with Gasteiger partial charge in [0.25, 0.3) is 0 Å². The number of carbonyl (C=O) groups is 1. The fourth-order valence-electron chi connectivity index (χ4n) is 4.13. The Hall–Kier alpha value is -3.79. The first-order chi connectivity index (χ1) is 15.9. The van der Waals surface area contributed by atoms with Crippen molar-refractivity contribution in [2.45, 2.75) is 19.4 Å². The summed E-state index contributed by atoms with van der Waals surface area (Å²) in [4.78, 5) is 17.2. The molecule has 10 heteroatoms. The molecule has 8 nitrogen and oxygen atoms in total. The quantitative estimate of drug-likeness (QED) is 0.498. The minimum Gasteiger partial charge on any atom is -0.465 e. The molecular weight excluding hydrogens is 434 g/mol. The molecule has 1 aliphatic rings. The topological polar surface area (TPSA) is 93.1 Å². The number of hydrogen-bond acceptors (Lipinski definition) is 5. The Kier molecular flexibility index (Phi) is 5.29. The molecule has 1 saturated heterocycles. The Bertz CT molecular complexity index is 1310. The number of aryl methyl sites for hydroxylation is 1. The summed E-state index contributed by atoms with van der Waals surface area (Å²) in [7, 11) is 0. The van der Waals surface area contributed by atoms with Crippen molar-refractivity contribution in [1.82, 2.24) is 19.4 Å². The lowest BCUT2D eigenvalue weighted by Crippen LogP contribution is -2.45. The van der Waals surface area contributed by atoms with E-state index in [0.29, 0.717) is 17.0 Å². The van der Waals surface area contributed by atoms with E-state index in [0.717, 1.165) is 5.56 Å². The van der Waals surface area contributed by atoms with Gasteiger partial charge in [-0.3, -0.25) is 0 Å². The summed E-state index contributed by atoms with van der Waals surface area (Å²) in [6.45, 7) is 2.58. The smallest absolute Gasteiger partial charge is 0.407 e. The second kappa shape index (κ2) is 8.28. The third-order valence-corrected chi connectivity index (χ3v) is 5.72. The van der Waals surface area contributed by atoms with E-state index in [1.165, 1.54) is 29.4 Å². The number of pyridine rings is 1. The maximum Gasteiger partial charge on any atom is 0.407 e. The summed E-state index contributed by atoms with van der Waals surface area (Å²) < 4.78 is 42.8. The fraction of sp³-hybridized carbons (Fsp3) is 0.261. The molecular formula is C23H20F2N4O4. The van der Waals surface area contributed by atoms with Crippen molar-refractivity contribution in [1.29, 1.82) is 0 Å². The van der Waals surface area contributed by atoms with Crippen LogP contribution in [0, 0.1) is 18.6 Å². The molecule has 4 aromatic rings. The number of rotatable bonds is 4. The molecule has 5 rings (SSSR count). The minimum absolute atomic E-state index is 0.151. The van der Waals surface area contributed by atoms with Crippen LogP contribution >= 0.6 is 0 Å². The monoisotopic (exact) mass is 454 g/mol. The molecule has 3 aromatic heterocycles. The third kappa shape index (κ3) is 3.93. The number of hydrogen-bond donors (Lipinski definition) is 1. The normalized spacial score (nSPS) is 16.5. The summed E-state index contributed by atoms with van der Waals surface area (Å²) in [6, 6.07) is 7.59. The molecule has 0 aliphatic carbocycles. The van der Waals surface area contributed by atoms with Crippen LogP contribution in [0.3, 0.4) is 0 Å². The number of fused-ring (bicyclic) bond motifs is 1. The summed E-state index contributed by atoms with van der Waals surface area (Å²) in [5, 5.41) is 13.1. The first-order valence-electron chi connectivity index (χ1n) is 10.4. The van der Waals surface area contributed by atoms with Gasteiger partial charge in [-0.1, -0.05) is 5.16 Å². The first kappa shape index (κ1) is 21.1. The summed E-state index contributed by atoms with van der Waals surface area (Å²) in [5.74, 6) is -1.57. The lowest BCUT2D eigenvalue weighted by molar-refractivity contribution is -0.0214. The number of imidazole rings is 1. The van der Waals surface area contributed by atoms with Gasteiger partial charge in [0.15, 0.2) is 0 Å². The largest absolute Gasteiger partial charge is 0.465 e. The van der Waals surface area contributed by atoms with E-state index in [1.807, 2.05) is 19.1 Å². The molecule has 0 bridgehead atoms. The van der Waals surface area contributed by atoms with Crippen LogP contribution in [-0.2, 0) is 11.2 Å². The molecule has 1 aromatic carbocycles. The lowest BCUT2D eigenvalue weighted by Gasteiger charge is -2.31. The molecule has 1 fully saturated rings. The number of benzene rings is 1. The SMILES string of the molecule is Cc1ccn2c(C[C@H]3CN(C(=O)O)CCO3)c(-c3c(F)cc(-c4ccon4)cc3F)nc2c1. The van der Waals surface area contributed by atoms with Gasteiger partial charge in [0.1, 0.15) is 29.2 Å². The number of halogens is 2. The number of aromatic nitrogens is 3. The van der Waals surface area contributed by atoms with E-state index in [4.69, 9.17) is 9.26 Å². The van der Waals surface area contributed by atoms with Crippen LogP contribution in [0.15, 0.2) is 47.3 Å². The van der Waals surface area contributed by atoms with Crippen LogP contribution < -0.4 is 0 Å². The highest BCUT2D eigenvalue weighted by molar-refractivity contribution is 5.72. The highest BCUT2D eigenvalue weighted by Gasteiger charge is 2.28. The molecule has 1 atom stereocenters. The van der Waals surface area contributed by atoms with E-state index < -0.39 is 23.8 Å².